The topological polar surface area (TPSA) is 13.1 Å². The Labute approximate surface area is 618 Å². The Morgan fingerprint density at radius 1 is 0.179 bits per heavy atom. The summed E-state index contributed by atoms with van der Waals surface area (Å²) in [5.74, 6) is 0. The third kappa shape index (κ3) is 9.02. The number of benzene rings is 18. The van der Waals surface area contributed by atoms with Crippen LogP contribution in [0.2, 0.25) is 0 Å². The minimum absolute atomic E-state index is 0.0609. The van der Waals surface area contributed by atoms with Gasteiger partial charge in [0.05, 0.1) is 0 Å². The van der Waals surface area contributed by atoms with Gasteiger partial charge in [0.2, 0.25) is 0 Å². The smallest absolute Gasteiger partial charge is 0.135 e. The Bertz CT molecular complexity index is 6870. The van der Waals surface area contributed by atoms with Crippen LogP contribution < -0.4 is 0 Å². The molecule has 0 N–H and O–H groups in total. The van der Waals surface area contributed by atoms with Crippen LogP contribution in [0.15, 0.2) is 344 Å². The zero-order valence-electron chi connectivity index (χ0n) is 60.2. The molecular formula is C105H74O. The van der Waals surface area contributed by atoms with Crippen LogP contribution in [0.25, 0.3) is 187 Å². The van der Waals surface area contributed by atoms with E-state index in [1.54, 1.807) is 0 Å². The molecule has 0 aliphatic heterocycles. The Morgan fingerprint density at radius 3 is 1.00 bits per heavy atom. The maximum Gasteiger partial charge on any atom is 0.135 e. The molecule has 1 nitrogen and oxygen atoms in total. The molecule has 1 aromatic heterocycles. The summed E-state index contributed by atoms with van der Waals surface area (Å²) >= 11 is 0. The number of hydrogen-bond acceptors (Lipinski definition) is 1. The zero-order valence-corrected chi connectivity index (χ0v) is 60.2. The lowest BCUT2D eigenvalue weighted by Gasteiger charge is -2.25. The van der Waals surface area contributed by atoms with E-state index in [9.17, 15) is 0 Å². The van der Waals surface area contributed by atoms with Crippen LogP contribution in [-0.4, -0.2) is 0 Å². The fourth-order valence-electron chi connectivity index (χ4n) is 19.7. The summed E-state index contributed by atoms with van der Waals surface area (Å²) in [4.78, 5) is 0. The molecule has 19 aromatic rings. The van der Waals surface area contributed by atoms with Crippen molar-refractivity contribution in [3.05, 3.63) is 373 Å². The molecule has 0 fully saturated rings. The van der Waals surface area contributed by atoms with E-state index in [-0.39, 0.29) is 16.2 Å². The molecule has 0 bridgehead atoms. The lowest BCUT2D eigenvalue weighted by Crippen LogP contribution is -2.16. The number of rotatable bonds is 6. The second kappa shape index (κ2) is 23.2. The largest absolute Gasteiger partial charge is 0.456 e. The van der Waals surface area contributed by atoms with E-state index in [1.807, 2.05) is 12.1 Å². The van der Waals surface area contributed by atoms with Gasteiger partial charge in [-0.15, -0.1) is 0 Å². The van der Waals surface area contributed by atoms with Gasteiger partial charge < -0.3 is 4.42 Å². The molecule has 0 unspecified atom stereocenters. The predicted molar refractivity (Wildman–Crippen MR) is 451 cm³/mol. The van der Waals surface area contributed by atoms with Crippen molar-refractivity contribution in [3.63, 3.8) is 0 Å². The van der Waals surface area contributed by atoms with Gasteiger partial charge in [-0.25, -0.2) is 0 Å². The van der Waals surface area contributed by atoms with Gasteiger partial charge in [0, 0.05) is 27.0 Å². The maximum absolute atomic E-state index is 6.22. The van der Waals surface area contributed by atoms with E-state index in [0.29, 0.717) is 0 Å². The summed E-state index contributed by atoms with van der Waals surface area (Å²) < 4.78 is 6.22. The van der Waals surface area contributed by atoms with Crippen LogP contribution >= 0.6 is 0 Å². The molecule has 0 radical (unpaired) electrons. The molecular weight excluding hydrogens is 1280 g/mol. The van der Waals surface area contributed by atoms with E-state index in [0.717, 1.165) is 21.9 Å². The highest BCUT2D eigenvalue weighted by molar-refractivity contribution is 6.24. The van der Waals surface area contributed by atoms with Gasteiger partial charge in [-0.1, -0.05) is 345 Å². The van der Waals surface area contributed by atoms with Crippen molar-refractivity contribution in [2.75, 3.05) is 0 Å². The molecule has 106 heavy (non-hydrogen) atoms. The highest BCUT2D eigenvalue weighted by atomic mass is 16.3. The van der Waals surface area contributed by atoms with Crippen molar-refractivity contribution in [2.24, 2.45) is 0 Å². The highest BCUT2D eigenvalue weighted by Gasteiger charge is 2.41. The molecule has 1 heterocycles. The van der Waals surface area contributed by atoms with Crippen molar-refractivity contribution < 1.29 is 4.42 Å². The third-order valence-corrected chi connectivity index (χ3v) is 24.4. The average molecular weight is 1350 g/mol. The van der Waals surface area contributed by atoms with Gasteiger partial charge in [0.1, 0.15) is 11.2 Å². The summed E-state index contributed by atoms with van der Waals surface area (Å²) in [6.07, 6.45) is 0. The molecule has 0 saturated carbocycles. The number of hydrogen-bond donors (Lipinski definition) is 0. The second-order valence-electron chi connectivity index (χ2n) is 31.2. The van der Waals surface area contributed by atoms with Crippen LogP contribution in [0.5, 0.6) is 0 Å². The van der Waals surface area contributed by atoms with Crippen LogP contribution in [-0.2, 0) is 16.2 Å². The first-order chi connectivity index (χ1) is 51.9. The lowest BCUT2D eigenvalue weighted by atomic mass is 9.78. The van der Waals surface area contributed by atoms with Crippen molar-refractivity contribution in [1.29, 1.82) is 0 Å². The summed E-state index contributed by atoms with van der Waals surface area (Å²) in [6, 6.07) is 126. The monoisotopic (exact) mass is 1350 g/mol. The Morgan fingerprint density at radius 2 is 0.519 bits per heavy atom. The molecule has 0 atom stereocenters. The van der Waals surface area contributed by atoms with Gasteiger partial charge in [0.15, 0.2) is 0 Å². The van der Waals surface area contributed by atoms with Crippen molar-refractivity contribution in [2.45, 2.75) is 57.8 Å². The van der Waals surface area contributed by atoms with Crippen LogP contribution in [0.3, 0.4) is 0 Å². The fraction of sp³-hybridized carbons (Fsp3) is 0.0857. The van der Waals surface area contributed by atoms with Crippen LogP contribution in [0, 0.1) is 0 Å². The van der Waals surface area contributed by atoms with Gasteiger partial charge in [-0.05, 0) is 235 Å². The van der Waals surface area contributed by atoms with Crippen LogP contribution in [0.1, 0.15) is 74.9 Å². The quantitative estimate of drug-likeness (QED) is 0.151. The van der Waals surface area contributed by atoms with Crippen molar-refractivity contribution in [1.82, 2.24) is 0 Å². The van der Waals surface area contributed by atoms with E-state index >= 15 is 0 Å². The van der Waals surface area contributed by atoms with E-state index in [4.69, 9.17) is 4.42 Å². The summed E-state index contributed by atoms with van der Waals surface area (Å²) in [7, 11) is 0. The molecule has 18 aromatic carbocycles. The first-order valence-corrected chi connectivity index (χ1v) is 37.5. The molecule has 0 saturated heterocycles. The van der Waals surface area contributed by atoms with E-state index < -0.39 is 0 Å². The minimum atomic E-state index is -0.135. The summed E-state index contributed by atoms with van der Waals surface area (Å²) in [5.41, 5.74) is 33.3. The standard InChI is InChI=1S/C54H40.C51H34O/c1-53(2)46-26-12-11-19-39(46)40-29-27-36(32-48(40)53)50-43-22-9-7-20-41(43)49(42-21-8-10-23-44(42)50)35-17-13-16-34(31-35)38-24-14-25-45-51-37-18-6-5-15-33(37)28-30-47(51)54(3,4)52(38)45;1-51(2)44-27-25-31-13-3-4-16-35(31)49(44)42-23-12-22-36(50(42)51)32-14-11-15-33(29-32)47-38-18-5-7-20-40(38)48(41-21-8-6-19-39(41)47)34-26-28-46-43(30-34)37-17-9-10-24-45(37)52-46/h5-32H,1-4H3;3-30H,1-2H3. The van der Waals surface area contributed by atoms with Crippen molar-refractivity contribution >= 4 is 86.6 Å². The summed E-state index contributed by atoms with van der Waals surface area (Å²) in [5, 5.41) is 17.7. The first-order valence-electron chi connectivity index (χ1n) is 37.5. The second-order valence-corrected chi connectivity index (χ2v) is 31.2. The molecule has 500 valence electrons. The fourth-order valence-corrected chi connectivity index (χ4v) is 19.7. The molecule has 22 rings (SSSR count). The Balaban J connectivity index is 0.000000136. The minimum Gasteiger partial charge on any atom is -0.456 e. The molecule has 3 aliphatic carbocycles. The van der Waals surface area contributed by atoms with Gasteiger partial charge in [-0.2, -0.15) is 0 Å². The number of fused-ring (bicyclic) bond motifs is 20. The molecule has 3 aliphatic rings. The number of furan rings is 1. The lowest BCUT2D eigenvalue weighted by molar-refractivity contribution is 0.660. The van der Waals surface area contributed by atoms with Crippen molar-refractivity contribution in [3.8, 4) is 100 Å². The molecule has 1 heteroatoms. The Kier molecular flexibility index (Phi) is 13.5. The Hall–Kier alpha value is -12.7. The summed E-state index contributed by atoms with van der Waals surface area (Å²) in [6.45, 7) is 14.3. The van der Waals surface area contributed by atoms with Gasteiger partial charge in [0.25, 0.3) is 0 Å². The predicted octanol–water partition coefficient (Wildman–Crippen LogP) is 29.1. The highest BCUT2D eigenvalue weighted by Crippen LogP contribution is 2.58. The average Bonchev–Trinajstić information content (AvgIpc) is 1.53. The molecule has 0 spiro atoms. The maximum atomic E-state index is 6.22. The SMILES string of the molecule is CC1(C)c2ccc3ccccc3c2-c2cccc(-c3cccc(-c4c5ccccc5c(-c5ccc6oc7ccccc7c6c5)c5ccccc45)c3)c21.CC1(C)c2ccccc2-c2ccc(-c3c4ccccc4c(-c4cccc(-c5cccc6c5C(C)(C)c5ccc7ccccc7c5-6)c4)c4ccccc34)cc21. The van der Waals surface area contributed by atoms with Crippen LogP contribution in [0.4, 0.5) is 0 Å². The normalized spacial score (nSPS) is 14.0. The van der Waals surface area contributed by atoms with E-state index in [1.165, 1.54) is 198 Å². The van der Waals surface area contributed by atoms with E-state index in [2.05, 4.69) is 369 Å². The molecule has 0 amide bonds. The van der Waals surface area contributed by atoms with Gasteiger partial charge >= 0.3 is 0 Å². The number of para-hydroxylation sites is 1. The van der Waals surface area contributed by atoms with Gasteiger partial charge in [-0.3, -0.25) is 0 Å². The first kappa shape index (κ1) is 61.9. The third-order valence-electron chi connectivity index (χ3n) is 24.4. The zero-order chi connectivity index (χ0) is 70.9.